The molecule has 0 aromatic carbocycles. The normalized spacial score (nSPS) is 26.2. The summed E-state index contributed by atoms with van der Waals surface area (Å²) in [5, 5.41) is 17.4. The standard InChI is InChI=1S/C14H25N3O/c1-3-17-9-13(8-15-17)11(2)16-14-7-5-4-6-12(14)10-18/h8-9,11-12,14,16,18H,3-7,10H2,1-2H3. The summed E-state index contributed by atoms with van der Waals surface area (Å²) in [4.78, 5) is 0. The molecular weight excluding hydrogens is 226 g/mol. The number of hydrogen-bond acceptors (Lipinski definition) is 3. The fourth-order valence-corrected chi connectivity index (χ4v) is 2.84. The molecule has 1 aliphatic carbocycles. The number of aromatic nitrogens is 2. The van der Waals surface area contributed by atoms with Crippen LogP contribution in [0.25, 0.3) is 0 Å². The lowest BCUT2D eigenvalue weighted by Gasteiger charge is -2.33. The third kappa shape index (κ3) is 3.12. The smallest absolute Gasteiger partial charge is 0.0537 e. The van der Waals surface area contributed by atoms with E-state index in [-0.39, 0.29) is 0 Å². The second-order valence-electron chi connectivity index (χ2n) is 5.35. The van der Waals surface area contributed by atoms with Gasteiger partial charge in [-0.2, -0.15) is 5.10 Å². The maximum atomic E-state index is 9.43. The van der Waals surface area contributed by atoms with Crippen molar-refractivity contribution in [2.75, 3.05) is 6.61 Å². The number of hydrogen-bond donors (Lipinski definition) is 2. The minimum atomic E-state index is 0.304. The lowest BCUT2D eigenvalue weighted by atomic mass is 9.84. The molecule has 18 heavy (non-hydrogen) atoms. The Bertz CT molecular complexity index is 364. The molecule has 0 amide bonds. The molecule has 0 spiro atoms. The van der Waals surface area contributed by atoms with Crippen LogP contribution in [0.15, 0.2) is 12.4 Å². The van der Waals surface area contributed by atoms with Crippen molar-refractivity contribution in [2.24, 2.45) is 5.92 Å². The van der Waals surface area contributed by atoms with Crippen LogP contribution in [-0.2, 0) is 6.54 Å². The van der Waals surface area contributed by atoms with Gasteiger partial charge in [0.1, 0.15) is 0 Å². The molecule has 1 aliphatic rings. The third-order valence-electron chi connectivity index (χ3n) is 4.08. The number of aliphatic hydroxyl groups excluding tert-OH is 1. The summed E-state index contributed by atoms with van der Waals surface area (Å²) in [6.07, 6.45) is 8.90. The number of nitrogens with one attached hydrogen (secondary N) is 1. The van der Waals surface area contributed by atoms with Gasteiger partial charge in [-0.05, 0) is 32.6 Å². The fraction of sp³-hybridized carbons (Fsp3) is 0.786. The van der Waals surface area contributed by atoms with Crippen LogP contribution in [0.2, 0.25) is 0 Å². The van der Waals surface area contributed by atoms with Crippen molar-refractivity contribution in [3.8, 4) is 0 Å². The molecule has 1 heterocycles. The van der Waals surface area contributed by atoms with Gasteiger partial charge in [-0.25, -0.2) is 0 Å². The topological polar surface area (TPSA) is 50.1 Å². The fourth-order valence-electron chi connectivity index (χ4n) is 2.84. The molecule has 3 atom stereocenters. The highest BCUT2D eigenvalue weighted by atomic mass is 16.3. The highest BCUT2D eigenvalue weighted by Gasteiger charge is 2.25. The molecule has 1 fully saturated rings. The molecule has 0 aliphatic heterocycles. The van der Waals surface area contributed by atoms with Gasteiger partial charge < -0.3 is 10.4 Å². The zero-order valence-corrected chi connectivity index (χ0v) is 11.5. The molecule has 3 unspecified atom stereocenters. The lowest BCUT2D eigenvalue weighted by Crippen LogP contribution is -2.41. The van der Waals surface area contributed by atoms with E-state index >= 15 is 0 Å². The van der Waals surface area contributed by atoms with Gasteiger partial charge in [0.2, 0.25) is 0 Å². The average Bonchev–Trinajstić information content (AvgIpc) is 2.88. The van der Waals surface area contributed by atoms with E-state index in [1.807, 2.05) is 10.9 Å². The largest absolute Gasteiger partial charge is 0.396 e. The van der Waals surface area contributed by atoms with Gasteiger partial charge in [-0.3, -0.25) is 4.68 Å². The molecule has 1 aromatic rings. The van der Waals surface area contributed by atoms with E-state index in [1.54, 1.807) is 0 Å². The number of nitrogens with zero attached hydrogens (tertiary/aromatic N) is 2. The molecule has 1 aromatic heterocycles. The third-order valence-corrected chi connectivity index (χ3v) is 4.08. The zero-order valence-electron chi connectivity index (χ0n) is 11.5. The minimum absolute atomic E-state index is 0.304. The van der Waals surface area contributed by atoms with Gasteiger partial charge in [0.25, 0.3) is 0 Å². The molecular formula is C14H25N3O. The monoisotopic (exact) mass is 251 g/mol. The number of aryl methyl sites for hydroxylation is 1. The Morgan fingerprint density at radius 1 is 1.50 bits per heavy atom. The van der Waals surface area contributed by atoms with Crippen molar-refractivity contribution in [1.82, 2.24) is 15.1 Å². The molecule has 0 saturated heterocycles. The van der Waals surface area contributed by atoms with Gasteiger partial charge in [0, 0.05) is 37.0 Å². The molecule has 1 saturated carbocycles. The molecule has 102 valence electrons. The molecule has 2 N–H and O–H groups in total. The van der Waals surface area contributed by atoms with Gasteiger partial charge in [-0.15, -0.1) is 0 Å². The lowest BCUT2D eigenvalue weighted by molar-refractivity contribution is 0.147. The number of aliphatic hydroxyl groups is 1. The predicted molar refractivity (Wildman–Crippen MR) is 72.3 cm³/mol. The summed E-state index contributed by atoms with van der Waals surface area (Å²) in [7, 11) is 0. The first-order chi connectivity index (χ1) is 8.74. The van der Waals surface area contributed by atoms with E-state index in [2.05, 4.69) is 30.5 Å². The Labute approximate surface area is 109 Å². The zero-order chi connectivity index (χ0) is 13.0. The van der Waals surface area contributed by atoms with Crippen LogP contribution in [0.4, 0.5) is 0 Å². The Morgan fingerprint density at radius 2 is 2.28 bits per heavy atom. The molecule has 0 bridgehead atoms. The Morgan fingerprint density at radius 3 is 2.94 bits per heavy atom. The second kappa shape index (κ2) is 6.34. The Kier molecular flexibility index (Phi) is 4.78. The van der Waals surface area contributed by atoms with Crippen LogP contribution in [0.5, 0.6) is 0 Å². The van der Waals surface area contributed by atoms with Crippen molar-refractivity contribution >= 4 is 0 Å². The molecule has 0 radical (unpaired) electrons. The maximum absolute atomic E-state index is 9.43. The molecule has 2 rings (SSSR count). The van der Waals surface area contributed by atoms with E-state index in [9.17, 15) is 5.11 Å². The van der Waals surface area contributed by atoms with Crippen LogP contribution in [0.3, 0.4) is 0 Å². The van der Waals surface area contributed by atoms with Crippen LogP contribution in [0.1, 0.15) is 51.1 Å². The van der Waals surface area contributed by atoms with Crippen molar-refractivity contribution in [2.45, 2.75) is 58.2 Å². The Balaban J connectivity index is 1.94. The van der Waals surface area contributed by atoms with Crippen molar-refractivity contribution < 1.29 is 5.11 Å². The number of rotatable bonds is 5. The van der Waals surface area contributed by atoms with E-state index in [0.717, 1.165) is 13.0 Å². The summed E-state index contributed by atoms with van der Waals surface area (Å²) in [6.45, 7) is 5.49. The van der Waals surface area contributed by atoms with Gasteiger partial charge in [0.15, 0.2) is 0 Å². The molecule has 4 nitrogen and oxygen atoms in total. The van der Waals surface area contributed by atoms with E-state index in [4.69, 9.17) is 0 Å². The second-order valence-corrected chi connectivity index (χ2v) is 5.35. The quantitative estimate of drug-likeness (QED) is 0.842. The highest BCUT2D eigenvalue weighted by Crippen LogP contribution is 2.26. The van der Waals surface area contributed by atoms with Crippen molar-refractivity contribution in [3.05, 3.63) is 18.0 Å². The van der Waals surface area contributed by atoms with Crippen LogP contribution < -0.4 is 5.32 Å². The Hall–Kier alpha value is -0.870. The highest BCUT2D eigenvalue weighted by molar-refractivity contribution is 5.09. The van der Waals surface area contributed by atoms with E-state index in [0.29, 0.717) is 24.6 Å². The first-order valence-corrected chi connectivity index (χ1v) is 7.13. The van der Waals surface area contributed by atoms with Crippen molar-refractivity contribution in [1.29, 1.82) is 0 Å². The summed E-state index contributed by atoms with van der Waals surface area (Å²) in [5.74, 6) is 0.419. The maximum Gasteiger partial charge on any atom is 0.0537 e. The van der Waals surface area contributed by atoms with Crippen molar-refractivity contribution in [3.63, 3.8) is 0 Å². The first kappa shape index (κ1) is 13.6. The summed E-state index contributed by atoms with van der Waals surface area (Å²) < 4.78 is 1.96. The predicted octanol–water partition coefficient (Wildman–Crippen LogP) is 2.10. The van der Waals surface area contributed by atoms with Crippen LogP contribution in [0, 0.1) is 5.92 Å². The van der Waals surface area contributed by atoms with Gasteiger partial charge in [0.05, 0.1) is 6.20 Å². The minimum Gasteiger partial charge on any atom is -0.396 e. The summed E-state index contributed by atoms with van der Waals surface area (Å²) in [6, 6.07) is 0.756. The van der Waals surface area contributed by atoms with E-state index in [1.165, 1.54) is 24.8 Å². The first-order valence-electron chi connectivity index (χ1n) is 7.13. The van der Waals surface area contributed by atoms with Crippen LogP contribution in [-0.4, -0.2) is 27.5 Å². The summed E-state index contributed by atoms with van der Waals surface area (Å²) in [5.41, 5.74) is 1.24. The summed E-state index contributed by atoms with van der Waals surface area (Å²) >= 11 is 0. The molecule has 4 heteroatoms. The van der Waals surface area contributed by atoms with Gasteiger partial charge >= 0.3 is 0 Å². The average molecular weight is 251 g/mol. The van der Waals surface area contributed by atoms with E-state index < -0.39 is 0 Å². The van der Waals surface area contributed by atoms with Gasteiger partial charge in [-0.1, -0.05) is 12.8 Å². The van der Waals surface area contributed by atoms with Crippen LogP contribution >= 0.6 is 0 Å². The SMILES string of the molecule is CCn1cc(C(C)NC2CCCCC2CO)cn1.